The summed E-state index contributed by atoms with van der Waals surface area (Å²) in [6, 6.07) is 6.86. The van der Waals surface area contributed by atoms with E-state index in [-0.39, 0.29) is 23.3 Å². The van der Waals surface area contributed by atoms with Crippen LogP contribution in [0.15, 0.2) is 35.9 Å². The molecule has 0 aromatic heterocycles. The topological polar surface area (TPSA) is 29.3 Å². The molecule has 0 bridgehead atoms. The highest BCUT2D eigenvalue weighted by Crippen LogP contribution is 2.33. The quantitative estimate of drug-likeness (QED) is 0.856. The summed E-state index contributed by atoms with van der Waals surface area (Å²) in [4.78, 5) is 2.36. The van der Waals surface area contributed by atoms with Gasteiger partial charge in [0.2, 0.25) is 0 Å². The molecule has 0 saturated heterocycles. The van der Waals surface area contributed by atoms with Gasteiger partial charge in [-0.3, -0.25) is 4.90 Å². The fourth-order valence-electron chi connectivity index (χ4n) is 3.16. The van der Waals surface area contributed by atoms with E-state index in [1.807, 2.05) is 13.0 Å². The van der Waals surface area contributed by atoms with Gasteiger partial charge >= 0.3 is 0 Å². The second kappa shape index (κ2) is 6.29. The zero-order chi connectivity index (χ0) is 15.6. The lowest BCUT2D eigenvalue weighted by atomic mass is 9.82. The Hall–Kier alpha value is -1.19. The Labute approximate surface area is 127 Å². The Morgan fingerprint density at radius 3 is 2.48 bits per heavy atom. The standard InChI is InChI=1S/C18H27FN2/c1-13(20)17(14-6-5-7-16(19)12-14)21-10-8-15(9-11-21)18(2,3)4/h5-8,12-13,17H,9-11,20H2,1-4H3. The van der Waals surface area contributed by atoms with Crippen molar-refractivity contribution < 1.29 is 4.39 Å². The van der Waals surface area contributed by atoms with Crippen molar-refractivity contribution in [2.45, 2.75) is 46.2 Å². The lowest BCUT2D eigenvalue weighted by molar-refractivity contribution is 0.183. The van der Waals surface area contributed by atoms with Crippen LogP contribution in [0, 0.1) is 11.2 Å². The molecular formula is C18H27FN2. The molecule has 21 heavy (non-hydrogen) atoms. The van der Waals surface area contributed by atoms with Crippen LogP contribution in [0.5, 0.6) is 0 Å². The number of hydrogen-bond acceptors (Lipinski definition) is 2. The minimum Gasteiger partial charge on any atom is -0.326 e. The molecule has 1 aliphatic rings. The van der Waals surface area contributed by atoms with Crippen molar-refractivity contribution in [1.82, 2.24) is 4.90 Å². The van der Waals surface area contributed by atoms with E-state index < -0.39 is 0 Å². The van der Waals surface area contributed by atoms with Gasteiger partial charge in [-0.25, -0.2) is 4.39 Å². The molecule has 1 aromatic carbocycles. The maximum Gasteiger partial charge on any atom is 0.123 e. The van der Waals surface area contributed by atoms with E-state index in [2.05, 4.69) is 31.7 Å². The van der Waals surface area contributed by atoms with Crippen LogP contribution in [-0.4, -0.2) is 24.0 Å². The smallest absolute Gasteiger partial charge is 0.123 e. The second-order valence-electron chi connectivity index (χ2n) is 7.08. The van der Waals surface area contributed by atoms with Crippen LogP contribution in [0.25, 0.3) is 0 Å². The number of nitrogens with zero attached hydrogens (tertiary/aromatic N) is 1. The molecule has 0 radical (unpaired) electrons. The second-order valence-corrected chi connectivity index (χ2v) is 7.08. The van der Waals surface area contributed by atoms with Crippen LogP contribution < -0.4 is 5.73 Å². The van der Waals surface area contributed by atoms with Crippen LogP contribution in [0.2, 0.25) is 0 Å². The summed E-state index contributed by atoms with van der Waals surface area (Å²) in [5.74, 6) is -0.193. The van der Waals surface area contributed by atoms with Crippen molar-refractivity contribution in [2.75, 3.05) is 13.1 Å². The first-order valence-electron chi connectivity index (χ1n) is 7.73. The van der Waals surface area contributed by atoms with Crippen molar-refractivity contribution in [3.63, 3.8) is 0 Å². The third kappa shape index (κ3) is 3.92. The van der Waals surface area contributed by atoms with Gasteiger partial charge in [0, 0.05) is 19.1 Å². The maximum absolute atomic E-state index is 13.5. The average Bonchev–Trinajstić information content (AvgIpc) is 2.38. The van der Waals surface area contributed by atoms with Gasteiger partial charge in [0.25, 0.3) is 0 Å². The summed E-state index contributed by atoms with van der Waals surface area (Å²) in [6.45, 7) is 10.6. The Bertz CT molecular complexity index is 514. The summed E-state index contributed by atoms with van der Waals surface area (Å²) < 4.78 is 13.5. The van der Waals surface area contributed by atoms with Gasteiger partial charge in [0.05, 0.1) is 6.04 Å². The summed E-state index contributed by atoms with van der Waals surface area (Å²) in [6.07, 6.45) is 3.38. The predicted molar refractivity (Wildman–Crippen MR) is 86.5 cm³/mol. The molecule has 3 heteroatoms. The van der Waals surface area contributed by atoms with E-state index in [0.717, 1.165) is 25.1 Å². The lowest BCUT2D eigenvalue weighted by Crippen LogP contribution is -2.42. The minimum absolute atomic E-state index is 0.0311. The number of benzene rings is 1. The van der Waals surface area contributed by atoms with Crippen molar-refractivity contribution in [1.29, 1.82) is 0 Å². The van der Waals surface area contributed by atoms with E-state index in [9.17, 15) is 4.39 Å². The minimum atomic E-state index is -0.193. The summed E-state index contributed by atoms with van der Waals surface area (Å²) in [5, 5.41) is 0. The van der Waals surface area contributed by atoms with Gasteiger partial charge in [0.1, 0.15) is 5.82 Å². The molecule has 0 amide bonds. The highest BCUT2D eigenvalue weighted by Gasteiger charge is 2.28. The van der Waals surface area contributed by atoms with Crippen LogP contribution >= 0.6 is 0 Å². The Kier molecular flexibility index (Phi) is 4.84. The molecule has 1 aliphatic heterocycles. The normalized spacial score (nSPS) is 20.0. The van der Waals surface area contributed by atoms with Gasteiger partial charge in [-0.2, -0.15) is 0 Å². The number of hydrogen-bond donors (Lipinski definition) is 1. The monoisotopic (exact) mass is 290 g/mol. The van der Waals surface area contributed by atoms with E-state index in [4.69, 9.17) is 5.73 Å². The van der Waals surface area contributed by atoms with Crippen molar-refractivity contribution in [3.8, 4) is 0 Å². The fraction of sp³-hybridized carbons (Fsp3) is 0.556. The zero-order valence-electron chi connectivity index (χ0n) is 13.6. The largest absolute Gasteiger partial charge is 0.326 e. The molecule has 2 atom stereocenters. The SMILES string of the molecule is CC(N)C(c1cccc(F)c1)N1CC=C(C(C)(C)C)CC1. The summed E-state index contributed by atoms with van der Waals surface area (Å²) in [5.41, 5.74) is 8.89. The maximum atomic E-state index is 13.5. The van der Waals surface area contributed by atoms with Crippen LogP contribution in [0.4, 0.5) is 4.39 Å². The third-order valence-corrected chi connectivity index (χ3v) is 4.29. The van der Waals surface area contributed by atoms with Gasteiger partial charge in [-0.15, -0.1) is 0 Å². The molecule has 0 aliphatic carbocycles. The Balaban J connectivity index is 2.20. The highest BCUT2D eigenvalue weighted by molar-refractivity contribution is 5.23. The first kappa shape index (κ1) is 16.2. The first-order valence-corrected chi connectivity index (χ1v) is 7.73. The number of nitrogens with two attached hydrogens (primary N) is 1. The zero-order valence-corrected chi connectivity index (χ0v) is 13.6. The first-order chi connectivity index (χ1) is 9.79. The molecule has 0 fully saturated rings. The van der Waals surface area contributed by atoms with Crippen LogP contribution in [-0.2, 0) is 0 Å². The molecule has 0 saturated carbocycles. The Morgan fingerprint density at radius 2 is 2.00 bits per heavy atom. The van der Waals surface area contributed by atoms with E-state index >= 15 is 0 Å². The van der Waals surface area contributed by atoms with Crippen LogP contribution in [0.1, 0.15) is 45.7 Å². The average molecular weight is 290 g/mol. The van der Waals surface area contributed by atoms with Crippen molar-refractivity contribution in [3.05, 3.63) is 47.3 Å². The molecule has 0 spiro atoms. The predicted octanol–water partition coefficient (Wildman–Crippen LogP) is 3.89. The van der Waals surface area contributed by atoms with Gasteiger partial charge in [0.15, 0.2) is 0 Å². The van der Waals surface area contributed by atoms with Gasteiger partial charge in [-0.05, 0) is 36.5 Å². The van der Waals surface area contributed by atoms with Gasteiger partial charge < -0.3 is 5.73 Å². The highest BCUT2D eigenvalue weighted by atomic mass is 19.1. The van der Waals surface area contributed by atoms with Crippen LogP contribution in [0.3, 0.4) is 0 Å². The molecule has 2 unspecified atom stereocenters. The van der Waals surface area contributed by atoms with Crippen molar-refractivity contribution >= 4 is 0 Å². The molecule has 2 rings (SSSR count). The molecule has 116 valence electrons. The Morgan fingerprint density at radius 1 is 1.29 bits per heavy atom. The number of rotatable bonds is 3. The molecule has 2 nitrogen and oxygen atoms in total. The lowest BCUT2D eigenvalue weighted by Gasteiger charge is -2.38. The third-order valence-electron chi connectivity index (χ3n) is 4.29. The number of halogens is 1. The molecular weight excluding hydrogens is 263 g/mol. The van der Waals surface area contributed by atoms with Gasteiger partial charge in [-0.1, -0.05) is 44.6 Å². The fourth-order valence-corrected chi connectivity index (χ4v) is 3.16. The van der Waals surface area contributed by atoms with E-state index in [1.165, 1.54) is 11.6 Å². The molecule has 1 aromatic rings. The van der Waals surface area contributed by atoms with Crippen molar-refractivity contribution in [2.24, 2.45) is 11.1 Å². The van der Waals surface area contributed by atoms with E-state index in [1.54, 1.807) is 12.1 Å². The molecule has 1 heterocycles. The summed E-state index contributed by atoms with van der Waals surface area (Å²) >= 11 is 0. The molecule has 2 N–H and O–H groups in total. The van der Waals surface area contributed by atoms with E-state index in [0.29, 0.717) is 0 Å². The summed E-state index contributed by atoms with van der Waals surface area (Å²) in [7, 11) is 0.